The Bertz CT molecular complexity index is 1640. The molecule has 5 rings (SSSR count). The number of para-hydroxylation sites is 1. The molecule has 0 bridgehead atoms. The van der Waals surface area contributed by atoms with Gasteiger partial charge in [0.05, 0.1) is 33.7 Å². The van der Waals surface area contributed by atoms with Gasteiger partial charge in [-0.05, 0) is 42.7 Å². The van der Waals surface area contributed by atoms with Crippen LogP contribution in [0.5, 0.6) is 0 Å². The molecule has 0 saturated carbocycles. The van der Waals surface area contributed by atoms with Crippen molar-refractivity contribution in [1.29, 1.82) is 0 Å². The van der Waals surface area contributed by atoms with E-state index >= 15 is 0 Å². The van der Waals surface area contributed by atoms with Gasteiger partial charge in [-0.1, -0.05) is 24.3 Å². The third-order valence-electron chi connectivity index (χ3n) is 5.47. The average molecular weight is 465 g/mol. The molecule has 3 heterocycles. The van der Waals surface area contributed by atoms with Gasteiger partial charge in [0.2, 0.25) is 0 Å². The van der Waals surface area contributed by atoms with Crippen molar-refractivity contribution in [3.63, 3.8) is 0 Å². The molecule has 0 unspecified atom stereocenters. The number of fused-ring (bicyclic) bond motifs is 2. The van der Waals surface area contributed by atoms with E-state index in [1.54, 1.807) is 17.5 Å². The average Bonchev–Trinajstić information content (AvgIpc) is 3.22. The van der Waals surface area contributed by atoms with E-state index in [0.717, 1.165) is 27.9 Å². The topological polar surface area (TPSA) is 96.6 Å². The van der Waals surface area contributed by atoms with E-state index in [2.05, 4.69) is 9.83 Å². The van der Waals surface area contributed by atoms with Crippen molar-refractivity contribution in [3.8, 4) is 5.69 Å². The quantitative estimate of drug-likeness (QED) is 0.470. The van der Waals surface area contributed by atoms with Gasteiger partial charge in [0, 0.05) is 11.9 Å². The standard InChI is InChI=1S/C22H16N4O4S2/c1-23-20-19-17(13-31-20)24-22(28)26(21(19)27)15-8-4-9-16(12-15)32(29,30)25-11-5-7-14-6-2-3-10-18(14)25/h2-4,6,8-10,12-13H,5,7,11H2,(H,24,28). The highest BCUT2D eigenvalue weighted by atomic mass is 32.2. The first kappa shape index (κ1) is 20.2. The maximum absolute atomic E-state index is 13.5. The summed E-state index contributed by atoms with van der Waals surface area (Å²) in [4.78, 5) is 31.7. The molecule has 0 atom stereocenters. The molecule has 8 nitrogen and oxygen atoms in total. The Kier molecular flexibility index (Phi) is 4.73. The second-order valence-electron chi connectivity index (χ2n) is 7.32. The molecule has 0 fully saturated rings. The van der Waals surface area contributed by atoms with Crippen molar-refractivity contribution in [2.45, 2.75) is 17.7 Å². The molecular weight excluding hydrogens is 448 g/mol. The lowest BCUT2D eigenvalue weighted by Gasteiger charge is -2.30. The van der Waals surface area contributed by atoms with Crippen molar-refractivity contribution >= 4 is 43.0 Å². The predicted molar refractivity (Wildman–Crippen MR) is 124 cm³/mol. The molecule has 2 aromatic carbocycles. The molecule has 10 heteroatoms. The van der Waals surface area contributed by atoms with Crippen LogP contribution in [0.2, 0.25) is 0 Å². The van der Waals surface area contributed by atoms with E-state index in [1.165, 1.54) is 28.6 Å². The number of thiophene rings is 1. The summed E-state index contributed by atoms with van der Waals surface area (Å²) in [5.74, 6) is 0. The molecule has 0 radical (unpaired) electrons. The van der Waals surface area contributed by atoms with Gasteiger partial charge in [0.25, 0.3) is 20.6 Å². The Morgan fingerprint density at radius 2 is 1.91 bits per heavy atom. The van der Waals surface area contributed by atoms with Gasteiger partial charge < -0.3 is 4.98 Å². The van der Waals surface area contributed by atoms with Gasteiger partial charge in [0.15, 0.2) is 0 Å². The highest BCUT2D eigenvalue weighted by Gasteiger charge is 2.29. The van der Waals surface area contributed by atoms with Crippen molar-refractivity contribution in [3.05, 3.63) is 91.7 Å². The van der Waals surface area contributed by atoms with Gasteiger partial charge in [0.1, 0.15) is 0 Å². The summed E-state index contributed by atoms with van der Waals surface area (Å²) >= 11 is 1.07. The van der Waals surface area contributed by atoms with Crippen molar-refractivity contribution in [1.82, 2.24) is 9.55 Å². The fourth-order valence-electron chi connectivity index (χ4n) is 4.00. The molecule has 1 N–H and O–H groups in total. The summed E-state index contributed by atoms with van der Waals surface area (Å²) in [7, 11) is -3.92. The van der Waals surface area contributed by atoms with Crippen LogP contribution in [0.25, 0.3) is 21.4 Å². The van der Waals surface area contributed by atoms with E-state index in [4.69, 9.17) is 6.57 Å². The molecule has 2 aromatic heterocycles. The molecule has 160 valence electrons. The lowest BCUT2D eigenvalue weighted by molar-refractivity contribution is 0.586. The van der Waals surface area contributed by atoms with E-state index in [-0.39, 0.29) is 21.0 Å². The summed E-state index contributed by atoms with van der Waals surface area (Å²) in [6.45, 7) is 7.61. The van der Waals surface area contributed by atoms with Crippen LogP contribution < -0.4 is 15.6 Å². The van der Waals surface area contributed by atoms with Crippen LogP contribution in [0.15, 0.2) is 68.4 Å². The molecule has 1 aliphatic heterocycles. The van der Waals surface area contributed by atoms with Crippen LogP contribution >= 0.6 is 11.3 Å². The summed E-state index contributed by atoms with van der Waals surface area (Å²) in [5.41, 5.74) is 0.650. The molecular formula is C22H16N4O4S2. The smallest absolute Gasteiger partial charge is 0.307 e. The summed E-state index contributed by atoms with van der Waals surface area (Å²) in [6.07, 6.45) is 1.50. The largest absolute Gasteiger partial charge is 0.333 e. The fraction of sp³-hybridized carbons (Fsp3) is 0.136. The van der Waals surface area contributed by atoms with Crippen molar-refractivity contribution < 1.29 is 8.42 Å². The first-order valence-corrected chi connectivity index (χ1v) is 12.1. The monoisotopic (exact) mass is 464 g/mol. The number of sulfonamides is 1. The number of hydrogen-bond acceptors (Lipinski definition) is 5. The van der Waals surface area contributed by atoms with E-state index in [9.17, 15) is 18.0 Å². The Morgan fingerprint density at radius 1 is 1.09 bits per heavy atom. The summed E-state index contributed by atoms with van der Waals surface area (Å²) in [6, 6.07) is 13.1. The number of aromatic nitrogens is 2. The van der Waals surface area contributed by atoms with Crippen LogP contribution in [-0.4, -0.2) is 24.5 Å². The fourth-order valence-corrected chi connectivity index (χ4v) is 6.35. The first-order chi connectivity index (χ1) is 15.4. The van der Waals surface area contributed by atoms with E-state index in [1.807, 2.05) is 12.1 Å². The van der Waals surface area contributed by atoms with Crippen molar-refractivity contribution in [2.24, 2.45) is 0 Å². The molecule has 1 aliphatic rings. The zero-order valence-corrected chi connectivity index (χ0v) is 18.2. The normalized spacial score (nSPS) is 13.7. The zero-order chi connectivity index (χ0) is 22.5. The number of rotatable bonds is 3. The lowest BCUT2D eigenvalue weighted by Crippen LogP contribution is -2.36. The lowest BCUT2D eigenvalue weighted by atomic mass is 10.0. The minimum atomic E-state index is -3.92. The highest BCUT2D eigenvalue weighted by molar-refractivity contribution is 7.92. The Morgan fingerprint density at radius 3 is 2.72 bits per heavy atom. The molecule has 0 amide bonds. The number of H-pyrrole nitrogens is 1. The number of nitrogens with one attached hydrogen (secondary N) is 1. The number of aromatic amines is 1. The maximum Gasteiger partial charge on any atom is 0.333 e. The number of hydrogen-bond donors (Lipinski definition) is 1. The summed E-state index contributed by atoms with van der Waals surface area (Å²) < 4.78 is 29.2. The third-order valence-corrected chi connectivity index (χ3v) is 8.15. The Labute approximate surface area is 186 Å². The molecule has 32 heavy (non-hydrogen) atoms. The van der Waals surface area contributed by atoms with Crippen molar-refractivity contribution in [2.75, 3.05) is 10.8 Å². The zero-order valence-electron chi connectivity index (χ0n) is 16.6. The van der Waals surface area contributed by atoms with Crippen LogP contribution in [0.4, 0.5) is 10.7 Å². The maximum atomic E-state index is 13.5. The number of nitrogens with zero attached hydrogens (tertiary/aromatic N) is 3. The van der Waals surface area contributed by atoms with Gasteiger partial charge in [-0.2, -0.15) is 11.3 Å². The van der Waals surface area contributed by atoms with Gasteiger partial charge >= 0.3 is 5.69 Å². The molecule has 4 aromatic rings. The molecule has 0 saturated heterocycles. The minimum absolute atomic E-state index is 0.0196. The Hall–Kier alpha value is -3.68. The van der Waals surface area contributed by atoms with Crippen LogP contribution in [0.3, 0.4) is 0 Å². The second kappa shape index (κ2) is 7.47. The minimum Gasteiger partial charge on any atom is -0.307 e. The van der Waals surface area contributed by atoms with E-state index < -0.39 is 21.3 Å². The summed E-state index contributed by atoms with van der Waals surface area (Å²) in [5, 5.41) is 1.83. The number of benzene rings is 2. The number of aryl methyl sites for hydroxylation is 1. The van der Waals surface area contributed by atoms with Crippen LogP contribution in [0, 0.1) is 6.57 Å². The highest BCUT2D eigenvalue weighted by Crippen LogP contribution is 2.32. The van der Waals surface area contributed by atoms with E-state index in [0.29, 0.717) is 24.2 Å². The van der Waals surface area contributed by atoms with Crippen LogP contribution in [0.1, 0.15) is 12.0 Å². The third kappa shape index (κ3) is 3.05. The molecule has 0 aliphatic carbocycles. The SMILES string of the molecule is [C-]#[N+]c1scc2[nH]c(=O)n(-c3cccc(S(=O)(=O)N4CCCc5ccccc54)c3)c(=O)c12. The van der Waals surface area contributed by atoms with Crippen LogP contribution in [-0.2, 0) is 16.4 Å². The van der Waals surface area contributed by atoms with Gasteiger partial charge in [-0.25, -0.2) is 22.6 Å². The van der Waals surface area contributed by atoms with Gasteiger partial charge in [-0.3, -0.25) is 9.10 Å². The molecule has 0 spiro atoms. The second-order valence-corrected chi connectivity index (χ2v) is 10.0. The predicted octanol–water partition coefficient (Wildman–Crippen LogP) is 3.43. The first-order valence-electron chi connectivity index (χ1n) is 9.77. The number of anilines is 1. The van der Waals surface area contributed by atoms with Gasteiger partial charge in [-0.15, -0.1) is 0 Å². The Balaban J connectivity index is 1.67.